The van der Waals surface area contributed by atoms with Crippen LogP contribution < -0.4 is 14.8 Å². The molecule has 0 aliphatic rings. The molecule has 7 heteroatoms. The van der Waals surface area contributed by atoms with Crippen LogP contribution in [0.15, 0.2) is 42.5 Å². The number of thioether (sulfide) groups is 1. The normalized spacial score (nSPS) is 10.3. The Morgan fingerprint density at radius 1 is 1.17 bits per heavy atom. The van der Waals surface area contributed by atoms with Gasteiger partial charge in [-0.25, -0.2) is 0 Å². The highest BCUT2D eigenvalue weighted by molar-refractivity contribution is 7.99. The first-order chi connectivity index (χ1) is 11.6. The van der Waals surface area contributed by atoms with Gasteiger partial charge in [0.05, 0.1) is 30.2 Å². The number of carbonyl (C=O) groups excluding carboxylic acids is 1. The molecular weight excluding hydrogens is 369 g/mol. The van der Waals surface area contributed by atoms with Gasteiger partial charge in [-0.05, 0) is 30.3 Å². The highest BCUT2D eigenvalue weighted by Crippen LogP contribution is 2.28. The van der Waals surface area contributed by atoms with Gasteiger partial charge in [-0.15, -0.1) is 11.8 Å². The molecule has 128 valence electrons. The van der Waals surface area contributed by atoms with Gasteiger partial charge in [0.1, 0.15) is 11.5 Å². The Labute approximate surface area is 155 Å². The van der Waals surface area contributed by atoms with Gasteiger partial charge in [-0.3, -0.25) is 4.79 Å². The number of benzene rings is 2. The number of ether oxygens (including phenoxy) is 2. The summed E-state index contributed by atoms with van der Waals surface area (Å²) in [7, 11) is 1.54. The van der Waals surface area contributed by atoms with E-state index in [-0.39, 0.29) is 5.91 Å². The van der Waals surface area contributed by atoms with Gasteiger partial charge in [0.2, 0.25) is 5.91 Å². The molecule has 0 unspecified atom stereocenters. The molecule has 1 N–H and O–H groups in total. The third-order valence-electron chi connectivity index (χ3n) is 2.99. The molecule has 4 nitrogen and oxygen atoms in total. The van der Waals surface area contributed by atoms with Gasteiger partial charge >= 0.3 is 0 Å². The molecule has 0 atom stereocenters. The molecule has 0 saturated heterocycles. The number of amides is 1. The number of nitrogens with one attached hydrogen (secondary N) is 1. The Balaban J connectivity index is 1.72. The Kier molecular flexibility index (Phi) is 7.56. The number of hydrogen-bond donors (Lipinski definition) is 1. The van der Waals surface area contributed by atoms with Gasteiger partial charge in [0.15, 0.2) is 0 Å². The van der Waals surface area contributed by atoms with Crippen LogP contribution in [0, 0.1) is 0 Å². The summed E-state index contributed by atoms with van der Waals surface area (Å²) in [5.74, 6) is 2.07. The summed E-state index contributed by atoms with van der Waals surface area (Å²) in [6.45, 7) is 0.474. The van der Waals surface area contributed by atoms with Crippen LogP contribution in [0.25, 0.3) is 0 Å². The molecule has 2 aromatic carbocycles. The molecular formula is C17H17Cl2NO3S. The van der Waals surface area contributed by atoms with Crippen LogP contribution in [-0.2, 0) is 4.79 Å². The number of methoxy groups -OCH3 is 1. The Morgan fingerprint density at radius 2 is 1.96 bits per heavy atom. The standard InChI is InChI=1S/C17H17Cl2NO3S/c1-22-16-7-6-12(18)10-14(16)20-17(21)11-24-9-8-23-15-5-3-2-4-13(15)19/h2-7,10H,8-9,11H2,1H3,(H,20,21). The summed E-state index contributed by atoms with van der Waals surface area (Å²) in [5.41, 5.74) is 0.558. The lowest BCUT2D eigenvalue weighted by molar-refractivity contribution is -0.113. The maximum atomic E-state index is 12.0. The molecule has 0 aromatic heterocycles. The van der Waals surface area contributed by atoms with E-state index in [1.165, 1.54) is 11.8 Å². The molecule has 2 rings (SSSR count). The van der Waals surface area contributed by atoms with Crippen LogP contribution in [0.3, 0.4) is 0 Å². The molecule has 0 spiro atoms. The molecule has 0 heterocycles. The molecule has 0 aliphatic heterocycles. The minimum atomic E-state index is -0.127. The fraction of sp³-hybridized carbons (Fsp3) is 0.235. The predicted octanol–water partition coefficient (Wildman–Crippen LogP) is 4.75. The highest BCUT2D eigenvalue weighted by atomic mass is 35.5. The number of halogens is 2. The summed E-state index contributed by atoms with van der Waals surface area (Å²) >= 11 is 13.4. The molecule has 0 fully saturated rings. The van der Waals surface area contributed by atoms with Gasteiger partial charge in [0.25, 0.3) is 0 Å². The maximum absolute atomic E-state index is 12.0. The van der Waals surface area contributed by atoms with E-state index in [0.29, 0.717) is 45.3 Å². The number of para-hydroxylation sites is 1. The van der Waals surface area contributed by atoms with Crippen molar-refractivity contribution in [3.05, 3.63) is 52.5 Å². The third-order valence-corrected chi connectivity index (χ3v) is 4.46. The number of carbonyl (C=O) groups is 1. The first-order valence-electron chi connectivity index (χ1n) is 7.18. The largest absolute Gasteiger partial charge is 0.495 e. The molecule has 2 aromatic rings. The monoisotopic (exact) mass is 385 g/mol. The van der Waals surface area contributed by atoms with E-state index in [1.54, 1.807) is 31.4 Å². The third kappa shape index (κ3) is 5.82. The van der Waals surface area contributed by atoms with Crippen LogP contribution in [0.4, 0.5) is 5.69 Å². The van der Waals surface area contributed by atoms with E-state index >= 15 is 0 Å². The zero-order chi connectivity index (χ0) is 17.4. The Bertz CT molecular complexity index is 697. The molecule has 0 radical (unpaired) electrons. The van der Waals surface area contributed by atoms with Crippen molar-refractivity contribution in [3.63, 3.8) is 0 Å². The summed E-state index contributed by atoms with van der Waals surface area (Å²) in [4.78, 5) is 12.0. The van der Waals surface area contributed by atoms with Crippen molar-refractivity contribution in [2.75, 3.05) is 30.5 Å². The highest BCUT2D eigenvalue weighted by Gasteiger charge is 2.08. The molecule has 0 aliphatic carbocycles. The topological polar surface area (TPSA) is 47.6 Å². The zero-order valence-corrected chi connectivity index (χ0v) is 15.4. The van der Waals surface area contributed by atoms with Crippen molar-refractivity contribution in [2.24, 2.45) is 0 Å². The fourth-order valence-corrected chi connectivity index (χ4v) is 2.87. The van der Waals surface area contributed by atoms with Gasteiger partial charge in [-0.2, -0.15) is 0 Å². The maximum Gasteiger partial charge on any atom is 0.234 e. The zero-order valence-electron chi connectivity index (χ0n) is 13.1. The summed E-state index contributed by atoms with van der Waals surface area (Å²) < 4.78 is 10.8. The van der Waals surface area contributed by atoms with Crippen molar-refractivity contribution in [2.45, 2.75) is 0 Å². The summed E-state index contributed by atoms with van der Waals surface area (Å²) in [5, 5.41) is 3.90. The van der Waals surface area contributed by atoms with E-state index in [4.69, 9.17) is 32.7 Å². The fourth-order valence-electron chi connectivity index (χ4n) is 1.90. The summed E-state index contributed by atoms with van der Waals surface area (Å²) in [6, 6.07) is 12.4. The minimum Gasteiger partial charge on any atom is -0.495 e. The first kappa shape index (κ1) is 18.8. The first-order valence-corrected chi connectivity index (χ1v) is 9.09. The van der Waals surface area contributed by atoms with Crippen molar-refractivity contribution >= 4 is 46.6 Å². The lowest BCUT2D eigenvalue weighted by Gasteiger charge is -2.11. The van der Waals surface area contributed by atoms with Crippen LogP contribution in [0.5, 0.6) is 11.5 Å². The van der Waals surface area contributed by atoms with Gasteiger partial charge < -0.3 is 14.8 Å². The number of hydrogen-bond acceptors (Lipinski definition) is 4. The molecule has 24 heavy (non-hydrogen) atoms. The van der Waals surface area contributed by atoms with Crippen molar-refractivity contribution in [3.8, 4) is 11.5 Å². The second kappa shape index (κ2) is 9.67. The van der Waals surface area contributed by atoms with Crippen LogP contribution in [0.2, 0.25) is 10.0 Å². The smallest absolute Gasteiger partial charge is 0.234 e. The molecule has 0 bridgehead atoms. The van der Waals surface area contributed by atoms with E-state index in [0.717, 1.165) is 0 Å². The number of rotatable bonds is 8. The van der Waals surface area contributed by atoms with E-state index in [9.17, 15) is 4.79 Å². The SMILES string of the molecule is COc1ccc(Cl)cc1NC(=O)CSCCOc1ccccc1Cl. The lowest BCUT2D eigenvalue weighted by Crippen LogP contribution is -2.15. The number of anilines is 1. The van der Waals surface area contributed by atoms with Crippen molar-refractivity contribution in [1.82, 2.24) is 0 Å². The quantitative estimate of drug-likeness (QED) is 0.665. The van der Waals surface area contributed by atoms with E-state index in [1.807, 2.05) is 18.2 Å². The average Bonchev–Trinajstić information content (AvgIpc) is 2.56. The van der Waals surface area contributed by atoms with E-state index in [2.05, 4.69) is 5.32 Å². The van der Waals surface area contributed by atoms with Gasteiger partial charge in [0, 0.05) is 10.8 Å². The van der Waals surface area contributed by atoms with Crippen LogP contribution in [0.1, 0.15) is 0 Å². The molecule has 1 amide bonds. The van der Waals surface area contributed by atoms with Crippen LogP contribution in [-0.4, -0.2) is 31.1 Å². The van der Waals surface area contributed by atoms with E-state index < -0.39 is 0 Å². The Morgan fingerprint density at radius 3 is 2.71 bits per heavy atom. The lowest BCUT2D eigenvalue weighted by atomic mass is 10.3. The minimum absolute atomic E-state index is 0.127. The van der Waals surface area contributed by atoms with Crippen molar-refractivity contribution in [1.29, 1.82) is 0 Å². The second-order valence-electron chi connectivity index (χ2n) is 4.72. The Hall–Kier alpha value is -1.56. The second-order valence-corrected chi connectivity index (χ2v) is 6.67. The molecule has 0 saturated carbocycles. The van der Waals surface area contributed by atoms with Crippen molar-refractivity contribution < 1.29 is 14.3 Å². The van der Waals surface area contributed by atoms with Gasteiger partial charge in [-0.1, -0.05) is 35.3 Å². The summed E-state index contributed by atoms with van der Waals surface area (Å²) in [6.07, 6.45) is 0. The average molecular weight is 386 g/mol. The predicted molar refractivity (Wildman–Crippen MR) is 101 cm³/mol. The van der Waals surface area contributed by atoms with Crippen LogP contribution >= 0.6 is 35.0 Å².